The van der Waals surface area contributed by atoms with Gasteiger partial charge >= 0.3 is 0 Å². The van der Waals surface area contributed by atoms with E-state index in [9.17, 15) is 18.0 Å². The van der Waals surface area contributed by atoms with Gasteiger partial charge in [-0.15, -0.1) is 22.0 Å². The molecule has 0 radical (unpaired) electrons. The molecule has 9 heteroatoms. The number of amides is 1. The van der Waals surface area contributed by atoms with Crippen LogP contribution in [0.15, 0.2) is 47.4 Å². The van der Waals surface area contributed by atoms with Gasteiger partial charge in [-0.25, -0.2) is 13.2 Å². The Hall–Kier alpha value is -2.39. The summed E-state index contributed by atoms with van der Waals surface area (Å²) in [5.74, 6) is -2.14. The van der Waals surface area contributed by atoms with E-state index in [1.807, 2.05) is 0 Å². The average Bonchev–Trinajstić information content (AvgIpc) is 3.11. The Bertz CT molecular complexity index is 916. The second-order valence-electron chi connectivity index (χ2n) is 5.17. The number of aromatic nitrogens is 2. The van der Waals surface area contributed by atoms with Crippen LogP contribution in [0, 0.1) is 17.5 Å². The Morgan fingerprint density at radius 3 is 2.54 bits per heavy atom. The van der Waals surface area contributed by atoms with Gasteiger partial charge in [-0.3, -0.25) is 4.79 Å². The van der Waals surface area contributed by atoms with E-state index >= 15 is 0 Å². The van der Waals surface area contributed by atoms with Gasteiger partial charge in [0.1, 0.15) is 10.8 Å². The van der Waals surface area contributed by atoms with Crippen molar-refractivity contribution >= 4 is 29.0 Å². The number of carbonyl (C=O) groups is 1. The number of hydrogen-bond acceptors (Lipinski definition) is 5. The summed E-state index contributed by atoms with van der Waals surface area (Å²) in [6.45, 7) is 0.248. The fraction of sp³-hybridized carbons (Fsp3) is 0.118. The SMILES string of the molecule is O=C(NCc1ccc(F)cc1)c1nnc(CSc2ccc(F)c(F)c2)s1. The predicted octanol–water partition coefficient (Wildman–Crippen LogP) is 4.18. The van der Waals surface area contributed by atoms with E-state index < -0.39 is 11.6 Å². The number of rotatable bonds is 6. The molecule has 4 nitrogen and oxygen atoms in total. The first-order chi connectivity index (χ1) is 12.5. The van der Waals surface area contributed by atoms with Gasteiger partial charge in [0.2, 0.25) is 5.01 Å². The Morgan fingerprint density at radius 2 is 1.81 bits per heavy atom. The van der Waals surface area contributed by atoms with Crippen LogP contribution >= 0.6 is 23.1 Å². The summed E-state index contributed by atoms with van der Waals surface area (Å²) in [4.78, 5) is 12.6. The van der Waals surface area contributed by atoms with Crippen molar-refractivity contribution in [3.63, 3.8) is 0 Å². The Kier molecular flexibility index (Phi) is 5.89. The number of carbonyl (C=O) groups excluding carboxylic acids is 1. The molecule has 26 heavy (non-hydrogen) atoms. The van der Waals surface area contributed by atoms with Crippen LogP contribution in [0.4, 0.5) is 13.2 Å². The molecular weight excluding hydrogens is 383 g/mol. The van der Waals surface area contributed by atoms with E-state index in [4.69, 9.17) is 0 Å². The van der Waals surface area contributed by atoms with Crippen molar-refractivity contribution in [3.05, 3.63) is 75.5 Å². The summed E-state index contributed by atoms with van der Waals surface area (Å²) in [7, 11) is 0. The second-order valence-corrected chi connectivity index (χ2v) is 7.29. The Labute approximate surface area is 155 Å². The topological polar surface area (TPSA) is 54.9 Å². The van der Waals surface area contributed by atoms with Gasteiger partial charge in [0.25, 0.3) is 5.91 Å². The highest BCUT2D eigenvalue weighted by Gasteiger charge is 2.13. The molecule has 1 aromatic heterocycles. The number of nitrogens with one attached hydrogen (secondary N) is 1. The number of halogens is 3. The van der Waals surface area contributed by atoms with Gasteiger partial charge in [0, 0.05) is 11.4 Å². The molecule has 0 saturated carbocycles. The third kappa shape index (κ3) is 4.83. The van der Waals surface area contributed by atoms with E-state index in [0.717, 1.165) is 29.0 Å². The van der Waals surface area contributed by atoms with Crippen LogP contribution in [0.25, 0.3) is 0 Å². The summed E-state index contributed by atoms with van der Waals surface area (Å²) in [5, 5.41) is 11.2. The minimum absolute atomic E-state index is 0.202. The van der Waals surface area contributed by atoms with Gasteiger partial charge in [-0.2, -0.15) is 0 Å². The molecule has 1 amide bonds. The van der Waals surface area contributed by atoms with Crippen LogP contribution in [0.2, 0.25) is 0 Å². The lowest BCUT2D eigenvalue weighted by Gasteiger charge is -2.02. The van der Waals surface area contributed by atoms with Crippen LogP contribution in [0.1, 0.15) is 20.4 Å². The first-order valence-electron chi connectivity index (χ1n) is 7.44. The molecule has 1 N–H and O–H groups in total. The number of hydrogen-bond donors (Lipinski definition) is 1. The predicted molar refractivity (Wildman–Crippen MR) is 93.4 cm³/mol. The van der Waals surface area contributed by atoms with E-state index in [0.29, 0.717) is 15.7 Å². The molecular formula is C17H12F3N3OS2. The fourth-order valence-electron chi connectivity index (χ4n) is 1.98. The summed E-state index contributed by atoms with van der Waals surface area (Å²) in [6, 6.07) is 9.45. The second kappa shape index (κ2) is 8.33. The van der Waals surface area contributed by atoms with Crippen molar-refractivity contribution in [2.24, 2.45) is 0 Å². The molecule has 2 aromatic carbocycles. The standard InChI is InChI=1S/C17H12F3N3OS2/c18-11-3-1-10(2-4-11)8-21-16(24)17-23-22-15(26-17)9-25-12-5-6-13(19)14(20)7-12/h1-7H,8-9H2,(H,21,24). The molecule has 0 bridgehead atoms. The molecule has 0 saturated heterocycles. The van der Waals surface area contributed by atoms with E-state index in [-0.39, 0.29) is 23.3 Å². The normalized spacial score (nSPS) is 10.7. The molecule has 0 fully saturated rings. The minimum Gasteiger partial charge on any atom is -0.346 e. The summed E-state index contributed by atoms with van der Waals surface area (Å²) in [6.07, 6.45) is 0. The highest BCUT2D eigenvalue weighted by Crippen LogP contribution is 2.25. The van der Waals surface area contributed by atoms with Crippen molar-refractivity contribution in [1.82, 2.24) is 15.5 Å². The lowest BCUT2D eigenvalue weighted by Crippen LogP contribution is -2.22. The first kappa shape index (κ1) is 18.4. The van der Waals surface area contributed by atoms with Crippen LogP contribution in [0.3, 0.4) is 0 Å². The largest absolute Gasteiger partial charge is 0.346 e. The molecule has 134 valence electrons. The minimum atomic E-state index is -0.909. The Morgan fingerprint density at radius 1 is 1.04 bits per heavy atom. The van der Waals surface area contributed by atoms with Crippen molar-refractivity contribution in [3.8, 4) is 0 Å². The number of nitrogens with zero attached hydrogens (tertiary/aromatic N) is 2. The Balaban J connectivity index is 1.54. The molecule has 0 aliphatic heterocycles. The summed E-state index contributed by atoms with van der Waals surface area (Å²) >= 11 is 2.39. The highest BCUT2D eigenvalue weighted by atomic mass is 32.2. The number of thioether (sulfide) groups is 1. The maximum atomic E-state index is 13.2. The van der Waals surface area contributed by atoms with Crippen molar-refractivity contribution < 1.29 is 18.0 Å². The zero-order valence-corrected chi connectivity index (χ0v) is 14.8. The van der Waals surface area contributed by atoms with E-state index in [2.05, 4.69) is 15.5 Å². The number of benzene rings is 2. The van der Waals surface area contributed by atoms with Gasteiger partial charge in [-0.05, 0) is 35.9 Å². The average molecular weight is 395 g/mol. The molecule has 0 aliphatic carbocycles. The van der Waals surface area contributed by atoms with E-state index in [1.54, 1.807) is 12.1 Å². The van der Waals surface area contributed by atoms with Crippen LogP contribution in [0.5, 0.6) is 0 Å². The lowest BCUT2D eigenvalue weighted by atomic mass is 10.2. The van der Waals surface area contributed by atoms with Crippen LogP contribution in [-0.4, -0.2) is 16.1 Å². The summed E-state index contributed by atoms with van der Waals surface area (Å²) in [5.41, 5.74) is 0.762. The summed E-state index contributed by atoms with van der Waals surface area (Å²) < 4.78 is 38.9. The fourth-order valence-corrected chi connectivity index (χ4v) is 3.64. The van der Waals surface area contributed by atoms with E-state index in [1.165, 1.54) is 30.0 Å². The molecule has 0 spiro atoms. The van der Waals surface area contributed by atoms with Gasteiger partial charge in [-0.1, -0.05) is 23.5 Å². The van der Waals surface area contributed by atoms with Crippen LogP contribution in [-0.2, 0) is 12.3 Å². The van der Waals surface area contributed by atoms with Crippen LogP contribution < -0.4 is 5.32 Å². The smallest absolute Gasteiger partial charge is 0.282 e. The third-order valence-corrected chi connectivity index (χ3v) is 5.39. The van der Waals surface area contributed by atoms with Crippen molar-refractivity contribution in [2.45, 2.75) is 17.2 Å². The monoisotopic (exact) mass is 395 g/mol. The maximum absolute atomic E-state index is 13.2. The molecule has 0 unspecified atom stereocenters. The van der Waals surface area contributed by atoms with Crippen molar-refractivity contribution in [1.29, 1.82) is 0 Å². The van der Waals surface area contributed by atoms with Crippen molar-refractivity contribution in [2.75, 3.05) is 0 Å². The lowest BCUT2D eigenvalue weighted by molar-refractivity contribution is 0.0950. The molecule has 0 aliphatic rings. The quantitative estimate of drug-likeness (QED) is 0.637. The van der Waals surface area contributed by atoms with Gasteiger partial charge < -0.3 is 5.32 Å². The highest BCUT2D eigenvalue weighted by molar-refractivity contribution is 7.98. The molecule has 1 heterocycles. The first-order valence-corrected chi connectivity index (χ1v) is 9.24. The zero-order valence-electron chi connectivity index (χ0n) is 13.2. The molecule has 3 rings (SSSR count). The third-order valence-electron chi connectivity index (χ3n) is 3.28. The zero-order chi connectivity index (χ0) is 18.5. The maximum Gasteiger partial charge on any atom is 0.282 e. The van der Waals surface area contributed by atoms with Gasteiger partial charge in [0.15, 0.2) is 11.6 Å². The molecule has 0 atom stereocenters. The van der Waals surface area contributed by atoms with Gasteiger partial charge in [0.05, 0.1) is 5.75 Å². The molecule has 3 aromatic rings.